The van der Waals surface area contributed by atoms with E-state index in [4.69, 9.17) is 9.72 Å². The minimum Gasteiger partial charge on any atom is -0.462 e. The first kappa shape index (κ1) is 29.2. The molecule has 1 saturated heterocycles. The molecular weight excluding hydrogens is 522 g/mol. The van der Waals surface area contributed by atoms with Crippen LogP contribution in [0, 0.1) is 27.7 Å². The Hall–Kier alpha value is -4.29. The number of carbonyl (C=O) groups is 2. The Morgan fingerprint density at radius 2 is 1.43 bits per heavy atom. The highest BCUT2D eigenvalue weighted by atomic mass is 16.5. The molecular formula is C36H39N3O3. The highest BCUT2D eigenvalue weighted by Crippen LogP contribution is 2.36. The second-order valence-electron chi connectivity index (χ2n) is 11.1. The van der Waals surface area contributed by atoms with Gasteiger partial charge in [0.25, 0.3) is 5.91 Å². The molecule has 1 aliphatic rings. The van der Waals surface area contributed by atoms with Crippen LogP contribution in [0.25, 0.3) is 11.1 Å². The minimum absolute atomic E-state index is 0.0841. The van der Waals surface area contributed by atoms with Crippen LogP contribution in [-0.2, 0) is 4.74 Å². The molecule has 3 aromatic carbocycles. The molecule has 0 bridgehead atoms. The third-order valence-electron chi connectivity index (χ3n) is 8.09. The lowest BCUT2D eigenvalue weighted by Gasteiger charge is -2.29. The van der Waals surface area contributed by atoms with E-state index in [2.05, 4.69) is 35.6 Å². The molecule has 1 N–H and O–H groups in total. The van der Waals surface area contributed by atoms with E-state index < -0.39 is 5.97 Å². The lowest BCUT2D eigenvalue weighted by Crippen LogP contribution is -2.46. The zero-order chi connectivity index (χ0) is 29.6. The van der Waals surface area contributed by atoms with Gasteiger partial charge in [-0.3, -0.25) is 9.78 Å². The molecule has 1 aliphatic heterocycles. The zero-order valence-corrected chi connectivity index (χ0v) is 24.9. The van der Waals surface area contributed by atoms with Gasteiger partial charge in [0.2, 0.25) is 0 Å². The third kappa shape index (κ3) is 6.29. The summed E-state index contributed by atoms with van der Waals surface area (Å²) < 4.78 is 6.02. The van der Waals surface area contributed by atoms with Crippen molar-refractivity contribution in [3.05, 3.63) is 124 Å². The largest absolute Gasteiger partial charge is 0.462 e. The second-order valence-corrected chi connectivity index (χ2v) is 11.1. The molecule has 4 aromatic rings. The molecule has 0 radical (unpaired) electrons. The summed E-state index contributed by atoms with van der Waals surface area (Å²) in [6.45, 7) is 10.6. The number of nitrogens with zero attached hydrogens (tertiary/aromatic N) is 2. The monoisotopic (exact) mass is 561 g/mol. The van der Waals surface area contributed by atoms with Crippen molar-refractivity contribution in [2.24, 2.45) is 0 Å². The van der Waals surface area contributed by atoms with Gasteiger partial charge in [-0.2, -0.15) is 0 Å². The normalized spacial score (nSPS) is 13.3. The van der Waals surface area contributed by atoms with Crippen molar-refractivity contribution in [3.63, 3.8) is 0 Å². The van der Waals surface area contributed by atoms with Crippen molar-refractivity contribution in [2.75, 3.05) is 32.8 Å². The van der Waals surface area contributed by atoms with Crippen LogP contribution < -0.4 is 5.32 Å². The lowest BCUT2D eigenvalue weighted by atomic mass is 9.88. The topological polar surface area (TPSA) is 71.5 Å². The molecule has 0 unspecified atom stereocenters. The van der Waals surface area contributed by atoms with Crippen LogP contribution in [0.5, 0.6) is 0 Å². The van der Waals surface area contributed by atoms with Gasteiger partial charge in [-0.05, 0) is 56.4 Å². The fourth-order valence-electron chi connectivity index (χ4n) is 5.90. The highest BCUT2D eigenvalue weighted by Gasteiger charge is 2.31. The Labute approximate surface area is 248 Å². The van der Waals surface area contributed by atoms with E-state index in [1.54, 1.807) is 0 Å². The first-order valence-electron chi connectivity index (χ1n) is 14.7. The minimum atomic E-state index is -0.454. The number of benzene rings is 3. The SMILES string of the molecule is Cc1ccc(C)c(-c2c(C(=O)OCCC(c3ccccc3)c3ccccc3)c(C)nc(C)c2C(=O)N2CCNCC2)c1. The molecule has 42 heavy (non-hydrogen) atoms. The van der Waals surface area contributed by atoms with Crippen LogP contribution in [0.15, 0.2) is 78.9 Å². The Kier molecular flexibility index (Phi) is 9.13. The average Bonchev–Trinajstić information content (AvgIpc) is 3.01. The third-order valence-corrected chi connectivity index (χ3v) is 8.09. The maximum absolute atomic E-state index is 14.0. The number of piperazine rings is 1. The molecule has 5 rings (SSSR count). The van der Waals surface area contributed by atoms with E-state index in [9.17, 15) is 9.59 Å². The van der Waals surface area contributed by atoms with E-state index in [0.29, 0.717) is 47.6 Å². The van der Waals surface area contributed by atoms with Crippen LogP contribution in [0.2, 0.25) is 0 Å². The maximum Gasteiger partial charge on any atom is 0.340 e. The van der Waals surface area contributed by atoms with Gasteiger partial charge in [0.15, 0.2) is 0 Å². The van der Waals surface area contributed by atoms with Crippen molar-refractivity contribution in [2.45, 2.75) is 40.0 Å². The van der Waals surface area contributed by atoms with Crippen LogP contribution >= 0.6 is 0 Å². The van der Waals surface area contributed by atoms with E-state index in [1.165, 1.54) is 11.1 Å². The summed E-state index contributed by atoms with van der Waals surface area (Å²) in [5.41, 5.74) is 7.90. The molecule has 0 spiro atoms. The summed E-state index contributed by atoms with van der Waals surface area (Å²) in [5.74, 6) is -0.467. The number of aromatic nitrogens is 1. The van der Waals surface area contributed by atoms with Gasteiger partial charge in [-0.25, -0.2) is 4.79 Å². The summed E-state index contributed by atoms with van der Waals surface area (Å²) in [7, 11) is 0. The molecule has 6 heteroatoms. The van der Waals surface area contributed by atoms with Gasteiger partial charge < -0.3 is 15.0 Å². The van der Waals surface area contributed by atoms with E-state index in [0.717, 1.165) is 29.8 Å². The summed E-state index contributed by atoms with van der Waals surface area (Å²) in [4.78, 5) is 34.6. The Balaban J connectivity index is 1.51. The number of pyridine rings is 1. The van der Waals surface area contributed by atoms with Crippen molar-refractivity contribution in [3.8, 4) is 11.1 Å². The van der Waals surface area contributed by atoms with Crippen LogP contribution in [0.4, 0.5) is 0 Å². The number of esters is 1. The number of amides is 1. The Morgan fingerprint density at radius 3 is 2.05 bits per heavy atom. The number of aryl methyl sites for hydroxylation is 4. The van der Waals surface area contributed by atoms with Crippen molar-refractivity contribution in [1.82, 2.24) is 15.2 Å². The quantitative estimate of drug-likeness (QED) is 0.252. The van der Waals surface area contributed by atoms with Gasteiger partial charge in [0.1, 0.15) is 0 Å². The molecule has 1 aromatic heterocycles. The lowest BCUT2D eigenvalue weighted by molar-refractivity contribution is 0.0495. The summed E-state index contributed by atoms with van der Waals surface area (Å²) in [6, 6.07) is 26.7. The summed E-state index contributed by atoms with van der Waals surface area (Å²) in [6.07, 6.45) is 0.628. The second kappa shape index (κ2) is 13.1. The van der Waals surface area contributed by atoms with Gasteiger partial charge in [0.05, 0.1) is 29.1 Å². The van der Waals surface area contributed by atoms with Crippen LogP contribution in [0.3, 0.4) is 0 Å². The van der Waals surface area contributed by atoms with Crippen molar-refractivity contribution in [1.29, 1.82) is 0 Å². The molecule has 1 amide bonds. The van der Waals surface area contributed by atoms with Crippen molar-refractivity contribution >= 4 is 11.9 Å². The van der Waals surface area contributed by atoms with Gasteiger partial charge >= 0.3 is 5.97 Å². The van der Waals surface area contributed by atoms with Gasteiger partial charge in [-0.15, -0.1) is 0 Å². The molecule has 0 aliphatic carbocycles. The fraction of sp³-hybridized carbons (Fsp3) is 0.306. The predicted octanol–water partition coefficient (Wildman–Crippen LogP) is 6.41. The standard InChI is InChI=1S/C36H39N3O3/c1-24-15-16-25(2)31(23-24)34-32(35(40)39-20-18-37-19-21-39)26(3)38-27(4)33(34)36(41)42-22-17-30(28-11-7-5-8-12-28)29-13-9-6-10-14-29/h5-16,23,30,37H,17-22H2,1-4H3. The molecule has 2 heterocycles. The van der Waals surface area contributed by atoms with Gasteiger partial charge in [-0.1, -0.05) is 84.4 Å². The van der Waals surface area contributed by atoms with Crippen LogP contribution in [-0.4, -0.2) is 54.5 Å². The number of ether oxygens (including phenoxy) is 1. The fourth-order valence-corrected chi connectivity index (χ4v) is 5.90. The molecule has 1 fully saturated rings. The van der Waals surface area contributed by atoms with E-state index in [-0.39, 0.29) is 18.4 Å². The molecule has 216 valence electrons. The zero-order valence-electron chi connectivity index (χ0n) is 24.9. The first-order valence-corrected chi connectivity index (χ1v) is 14.7. The average molecular weight is 562 g/mol. The maximum atomic E-state index is 14.0. The molecule has 0 saturated carbocycles. The number of carbonyl (C=O) groups excluding carboxylic acids is 2. The summed E-state index contributed by atoms with van der Waals surface area (Å²) in [5, 5.41) is 3.31. The van der Waals surface area contributed by atoms with Crippen LogP contribution in [0.1, 0.15) is 66.7 Å². The predicted molar refractivity (Wildman–Crippen MR) is 167 cm³/mol. The Bertz CT molecular complexity index is 1520. The molecule has 6 nitrogen and oxygen atoms in total. The number of hydrogen-bond donors (Lipinski definition) is 1. The number of nitrogens with one attached hydrogen (secondary N) is 1. The van der Waals surface area contributed by atoms with Gasteiger partial charge in [0, 0.05) is 37.7 Å². The van der Waals surface area contributed by atoms with E-state index in [1.807, 2.05) is 81.1 Å². The molecule has 0 atom stereocenters. The van der Waals surface area contributed by atoms with E-state index >= 15 is 0 Å². The summed E-state index contributed by atoms with van der Waals surface area (Å²) >= 11 is 0. The smallest absolute Gasteiger partial charge is 0.340 e. The first-order chi connectivity index (χ1) is 20.3. The number of hydrogen-bond acceptors (Lipinski definition) is 5. The van der Waals surface area contributed by atoms with Crippen molar-refractivity contribution < 1.29 is 14.3 Å². The highest BCUT2D eigenvalue weighted by molar-refractivity contribution is 6.09. The number of rotatable bonds is 8. The Morgan fingerprint density at radius 1 is 0.833 bits per heavy atom.